The first-order valence-corrected chi connectivity index (χ1v) is 16.4. The van der Waals surface area contributed by atoms with Crippen molar-refractivity contribution in [3.63, 3.8) is 0 Å². The van der Waals surface area contributed by atoms with Crippen molar-refractivity contribution in [3.05, 3.63) is 113 Å². The molecular formula is C35H38F2N8O4. The fourth-order valence-electron chi connectivity index (χ4n) is 6.28. The molecule has 2 aliphatic rings. The molecule has 2 fully saturated rings. The average Bonchev–Trinajstić information content (AvgIpc) is 3.88. The molecule has 2 saturated heterocycles. The zero-order valence-corrected chi connectivity index (χ0v) is 27.4. The molecule has 3 atom stereocenters. The van der Waals surface area contributed by atoms with E-state index in [-0.39, 0.29) is 37.1 Å². The van der Waals surface area contributed by atoms with Crippen molar-refractivity contribution in [3.8, 4) is 11.4 Å². The first-order chi connectivity index (χ1) is 23.8. The molecule has 14 heteroatoms. The molecule has 0 aliphatic carbocycles. The lowest BCUT2D eigenvalue weighted by molar-refractivity contribution is -0.117. The molecule has 2 aliphatic heterocycles. The monoisotopic (exact) mass is 672 g/mol. The Labute approximate surface area is 282 Å². The van der Waals surface area contributed by atoms with Crippen LogP contribution in [-0.2, 0) is 21.6 Å². The molecule has 12 nitrogen and oxygen atoms in total. The number of aromatic nitrogens is 6. The summed E-state index contributed by atoms with van der Waals surface area (Å²) in [7, 11) is 0. The van der Waals surface area contributed by atoms with Crippen molar-refractivity contribution in [1.82, 2.24) is 29.3 Å². The van der Waals surface area contributed by atoms with Crippen LogP contribution >= 0.6 is 0 Å². The average molecular weight is 673 g/mol. The molecule has 4 heterocycles. The Balaban J connectivity index is 0.925. The van der Waals surface area contributed by atoms with Crippen LogP contribution in [-0.4, -0.2) is 75.0 Å². The summed E-state index contributed by atoms with van der Waals surface area (Å²) in [5, 5.41) is 12.5. The van der Waals surface area contributed by atoms with E-state index in [0.717, 1.165) is 55.7 Å². The Bertz CT molecular complexity index is 1910. The van der Waals surface area contributed by atoms with Gasteiger partial charge in [0.2, 0.25) is 0 Å². The van der Waals surface area contributed by atoms with Crippen LogP contribution in [0.25, 0.3) is 5.69 Å². The summed E-state index contributed by atoms with van der Waals surface area (Å²) >= 11 is 0. The summed E-state index contributed by atoms with van der Waals surface area (Å²) in [5.41, 5.74) is 1.77. The number of nitrogens with zero attached hydrogens (tertiary/aromatic N) is 8. The van der Waals surface area contributed by atoms with E-state index in [1.54, 1.807) is 10.9 Å². The molecule has 7 rings (SSSR count). The number of piperazine rings is 1. The number of hydrogen-bond donors (Lipinski definition) is 0. The lowest BCUT2D eigenvalue weighted by Crippen LogP contribution is -2.46. The highest BCUT2D eigenvalue weighted by Gasteiger charge is 2.46. The first kappa shape index (κ1) is 32.5. The van der Waals surface area contributed by atoms with Gasteiger partial charge in [-0.2, -0.15) is 20.1 Å². The van der Waals surface area contributed by atoms with Crippen LogP contribution in [0.4, 0.5) is 20.2 Å². The largest absolute Gasteiger partial charge is 0.488 e. The molecule has 5 aromatic rings. The molecule has 0 saturated carbocycles. The van der Waals surface area contributed by atoms with Crippen molar-refractivity contribution in [1.29, 1.82) is 0 Å². The van der Waals surface area contributed by atoms with Crippen LogP contribution in [0.1, 0.15) is 31.9 Å². The Kier molecular flexibility index (Phi) is 9.15. The second-order valence-electron chi connectivity index (χ2n) is 12.3. The van der Waals surface area contributed by atoms with E-state index < -0.39 is 23.5 Å². The number of ether oxygens (including phenoxy) is 3. The van der Waals surface area contributed by atoms with Crippen LogP contribution < -0.4 is 20.2 Å². The third-order valence-electron chi connectivity index (χ3n) is 9.21. The third-order valence-corrected chi connectivity index (χ3v) is 9.21. The number of rotatable bonds is 11. The predicted octanol–water partition coefficient (Wildman–Crippen LogP) is 4.55. The maximum absolute atomic E-state index is 14.9. The standard InChI is InChI=1S/C35H38F2N8O4/c1-3-25(2)45-34(46)43(24-40-45)29-7-5-27(6-8-29)41-16-18-42(19-17-41)28-9-11-30(12-10-28)47-21-33-48-23-35(49-33,22-44-38-14-15-39-44)31-13-4-26(36)20-32(31)37/h4-15,20,24-25,33H,3,16-19,21-23H2,1-2H3. The van der Waals surface area contributed by atoms with E-state index in [1.165, 1.54) is 34.0 Å². The normalized spacial score (nSPS) is 20.1. The van der Waals surface area contributed by atoms with E-state index in [2.05, 4.69) is 37.2 Å². The molecule has 49 heavy (non-hydrogen) atoms. The lowest BCUT2D eigenvalue weighted by atomic mass is 9.94. The smallest absolute Gasteiger partial charge is 0.350 e. The molecule has 0 amide bonds. The Hall–Kier alpha value is -5.08. The lowest BCUT2D eigenvalue weighted by Gasteiger charge is -2.37. The highest BCUT2D eigenvalue weighted by Crippen LogP contribution is 2.37. The third kappa shape index (κ3) is 6.78. The summed E-state index contributed by atoms with van der Waals surface area (Å²) in [6.07, 6.45) is 4.67. The summed E-state index contributed by atoms with van der Waals surface area (Å²) in [4.78, 5) is 18.8. The molecule has 3 unspecified atom stereocenters. The molecular weight excluding hydrogens is 634 g/mol. The molecule has 0 radical (unpaired) electrons. The van der Waals surface area contributed by atoms with Crippen molar-refractivity contribution >= 4 is 11.4 Å². The van der Waals surface area contributed by atoms with E-state index in [4.69, 9.17) is 14.2 Å². The maximum Gasteiger partial charge on any atom is 0.350 e. The highest BCUT2D eigenvalue weighted by molar-refractivity contribution is 5.54. The van der Waals surface area contributed by atoms with E-state index in [0.29, 0.717) is 5.75 Å². The topological polar surface area (TPSA) is 105 Å². The first-order valence-electron chi connectivity index (χ1n) is 16.4. The molecule has 3 aromatic carbocycles. The van der Waals surface area contributed by atoms with Gasteiger partial charge in [-0.1, -0.05) is 13.0 Å². The maximum atomic E-state index is 14.9. The van der Waals surface area contributed by atoms with Gasteiger partial charge in [0.25, 0.3) is 0 Å². The van der Waals surface area contributed by atoms with Gasteiger partial charge in [0.15, 0.2) is 6.29 Å². The molecule has 2 aromatic heterocycles. The minimum Gasteiger partial charge on any atom is -0.488 e. The minimum atomic E-state index is -1.25. The van der Waals surface area contributed by atoms with Crippen LogP contribution in [0.2, 0.25) is 0 Å². The zero-order valence-electron chi connectivity index (χ0n) is 27.4. The molecule has 0 bridgehead atoms. The Morgan fingerprint density at radius 2 is 1.53 bits per heavy atom. The van der Waals surface area contributed by atoms with Crippen LogP contribution in [0, 0.1) is 11.6 Å². The zero-order chi connectivity index (χ0) is 34.0. The Morgan fingerprint density at radius 3 is 2.16 bits per heavy atom. The van der Waals surface area contributed by atoms with Crippen molar-refractivity contribution in [2.45, 2.75) is 44.7 Å². The quantitative estimate of drug-likeness (QED) is 0.200. The summed E-state index contributed by atoms with van der Waals surface area (Å²) in [6.45, 7) is 7.59. The van der Waals surface area contributed by atoms with E-state index in [9.17, 15) is 13.6 Å². The van der Waals surface area contributed by atoms with Gasteiger partial charge in [-0.05, 0) is 67.9 Å². The van der Waals surface area contributed by atoms with E-state index in [1.807, 2.05) is 50.2 Å². The van der Waals surface area contributed by atoms with Gasteiger partial charge >= 0.3 is 5.69 Å². The molecule has 256 valence electrons. The van der Waals surface area contributed by atoms with Crippen molar-refractivity contribution in [2.24, 2.45) is 0 Å². The molecule has 0 spiro atoms. The van der Waals surface area contributed by atoms with Gasteiger partial charge in [-0.25, -0.2) is 22.8 Å². The van der Waals surface area contributed by atoms with Gasteiger partial charge in [0.05, 0.1) is 37.3 Å². The van der Waals surface area contributed by atoms with Gasteiger partial charge in [-0.15, -0.1) is 0 Å². The van der Waals surface area contributed by atoms with Crippen LogP contribution in [0.3, 0.4) is 0 Å². The van der Waals surface area contributed by atoms with Crippen molar-refractivity contribution in [2.75, 3.05) is 49.2 Å². The summed E-state index contributed by atoms with van der Waals surface area (Å²) in [5.74, 6) is -0.765. The predicted molar refractivity (Wildman–Crippen MR) is 178 cm³/mol. The highest BCUT2D eigenvalue weighted by atomic mass is 19.1. The number of benzene rings is 3. The van der Waals surface area contributed by atoms with Gasteiger partial charge in [0, 0.05) is 49.2 Å². The van der Waals surface area contributed by atoms with Gasteiger partial charge in [0.1, 0.15) is 35.9 Å². The van der Waals surface area contributed by atoms with E-state index >= 15 is 0 Å². The second-order valence-corrected chi connectivity index (χ2v) is 12.3. The summed E-state index contributed by atoms with van der Waals surface area (Å²) < 4.78 is 49.8. The fourth-order valence-corrected chi connectivity index (χ4v) is 6.28. The fraction of sp³-hybridized carbons (Fsp3) is 0.371. The number of hydrogen-bond acceptors (Lipinski definition) is 9. The van der Waals surface area contributed by atoms with Crippen molar-refractivity contribution < 1.29 is 23.0 Å². The van der Waals surface area contributed by atoms with Crippen LogP contribution in [0.15, 0.2) is 90.2 Å². The Morgan fingerprint density at radius 1 is 0.898 bits per heavy atom. The van der Waals surface area contributed by atoms with Gasteiger partial charge in [-0.3, -0.25) is 0 Å². The van der Waals surface area contributed by atoms with Gasteiger partial charge < -0.3 is 24.0 Å². The second kappa shape index (κ2) is 13.8. The minimum absolute atomic E-state index is 0.0181. The number of halogens is 2. The summed E-state index contributed by atoms with van der Waals surface area (Å²) in [6, 6.07) is 19.3. The molecule has 0 N–H and O–H groups in total. The van der Waals surface area contributed by atoms with Crippen LogP contribution in [0.5, 0.6) is 5.75 Å². The number of anilines is 2. The SMILES string of the molecule is CCC(C)n1ncn(-c2ccc(N3CCN(c4ccc(OCC5OCC(Cn6nccn6)(c6ccc(F)cc6F)O5)cc4)CC3)cc2)c1=O.